The van der Waals surface area contributed by atoms with Crippen molar-refractivity contribution in [3.05, 3.63) is 59.7 Å². The molecule has 138 valence electrons. The number of carbonyl (C=O) groups is 3. The van der Waals surface area contributed by atoms with Crippen LogP contribution in [-0.4, -0.2) is 41.9 Å². The summed E-state index contributed by atoms with van der Waals surface area (Å²) >= 11 is 0. The van der Waals surface area contributed by atoms with Gasteiger partial charge >= 0.3 is 6.03 Å². The van der Waals surface area contributed by atoms with Crippen LogP contribution in [0, 0.1) is 6.92 Å². The molecule has 6 heteroatoms. The molecule has 0 unspecified atom stereocenters. The van der Waals surface area contributed by atoms with E-state index in [1.807, 2.05) is 55.5 Å². The van der Waals surface area contributed by atoms with Gasteiger partial charge in [0.25, 0.3) is 5.91 Å². The molecular weight excluding hydrogens is 342 g/mol. The number of hydrogen-bond acceptors (Lipinski definition) is 3. The number of para-hydroxylation sites is 1. The van der Waals surface area contributed by atoms with E-state index in [4.69, 9.17) is 0 Å². The minimum absolute atomic E-state index is 0.236. The molecule has 2 aromatic rings. The molecule has 1 saturated heterocycles. The Morgan fingerprint density at radius 2 is 1.78 bits per heavy atom. The van der Waals surface area contributed by atoms with Crippen molar-refractivity contribution in [1.29, 1.82) is 0 Å². The number of urea groups is 1. The van der Waals surface area contributed by atoms with Crippen LogP contribution in [-0.2, 0) is 16.0 Å². The molecule has 6 nitrogen and oxygen atoms in total. The SMILES string of the molecule is Cc1ccc(N2C(=O)N(CC(=O)N3CCc4ccccc43)C(=O)[C@H]2C)cc1. The van der Waals surface area contributed by atoms with Gasteiger partial charge in [0.05, 0.1) is 0 Å². The summed E-state index contributed by atoms with van der Waals surface area (Å²) in [5.74, 6) is -0.582. The van der Waals surface area contributed by atoms with Crippen molar-refractivity contribution >= 4 is 29.2 Å². The molecule has 2 aromatic carbocycles. The number of anilines is 2. The Balaban J connectivity index is 1.54. The number of aryl methyl sites for hydroxylation is 1. The summed E-state index contributed by atoms with van der Waals surface area (Å²) in [5.41, 5.74) is 3.71. The zero-order chi connectivity index (χ0) is 19.1. The summed E-state index contributed by atoms with van der Waals surface area (Å²) in [4.78, 5) is 42.5. The molecule has 0 aliphatic carbocycles. The van der Waals surface area contributed by atoms with Gasteiger partial charge in [0.2, 0.25) is 5.91 Å². The number of imide groups is 1. The Labute approximate surface area is 158 Å². The number of rotatable bonds is 3. The van der Waals surface area contributed by atoms with Crippen LogP contribution in [0.15, 0.2) is 48.5 Å². The highest BCUT2D eigenvalue weighted by atomic mass is 16.2. The number of nitrogens with zero attached hydrogens (tertiary/aromatic N) is 3. The molecule has 0 N–H and O–H groups in total. The highest BCUT2D eigenvalue weighted by Crippen LogP contribution is 2.29. The zero-order valence-electron chi connectivity index (χ0n) is 15.4. The molecule has 0 aromatic heterocycles. The Morgan fingerprint density at radius 3 is 2.52 bits per heavy atom. The van der Waals surface area contributed by atoms with Crippen molar-refractivity contribution in [2.24, 2.45) is 0 Å². The van der Waals surface area contributed by atoms with E-state index < -0.39 is 12.1 Å². The van der Waals surface area contributed by atoms with Gasteiger partial charge in [-0.1, -0.05) is 35.9 Å². The van der Waals surface area contributed by atoms with Crippen molar-refractivity contribution < 1.29 is 14.4 Å². The smallest absolute Gasteiger partial charge is 0.310 e. The van der Waals surface area contributed by atoms with Crippen LogP contribution in [0.1, 0.15) is 18.1 Å². The quantitative estimate of drug-likeness (QED) is 0.788. The molecule has 0 saturated carbocycles. The number of carbonyl (C=O) groups excluding carboxylic acids is 3. The second kappa shape index (κ2) is 6.54. The van der Waals surface area contributed by atoms with Crippen molar-refractivity contribution in [2.45, 2.75) is 26.3 Å². The maximum absolute atomic E-state index is 12.9. The molecule has 2 heterocycles. The largest absolute Gasteiger partial charge is 0.332 e. The first-order valence-electron chi connectivity index (χ1n) is 9.07. The molecule has 4 rings (SSSR count). The monoisotopic (exact) mass is 363 g/mol. The Bertz CT molecular complexity index is 923. The number of hydrogen-bond donors (Lipinski definition) is 0. The molecule has 2 aliphatic rings. The molecule has 0 radical (unpaired) electrons. The normalized spacial score (nSPS) is 19.0. The number of fused-ring (bicyclic) bond motifs is 1. The van der Waals surface area contributed by atoms with Crippen molar-refractivity contribution in [2.75, 3.05) is 22.9 Å². The van der Waals surface area contributed by atoms with Crippen LogP contribution in [0.5, 0.6) is 0 Å². The fourth-order valence-electron chi connectivity index (χ4n) is 3.73. The summed E-state index contributed by atoms with van der Waals surface area (Å²) in [6, 6.07) is 14.1. The van der Waals surface area contributed by atoms with Gasteiger partial charge in [-0.25, -0.2) is 4.79 Å². The van der Waals surface area contributed by atoms with E-state index in [9.17, 15) is 14.4 Å². The van der Waals surface area contributed by atoms with E-state index in [2.05, 4.69) is 0 Å². The van der Waals surface area contributed by atoms with Crippen LogP contribution in [0.4, 0.5) is 16.2 Å². The lowest BCUT2D eigenvalue weighted by molar-refractivity contribution is -0.131. The average molecular weight is 363 g/mol. The topological polar surface area (TPSA) is 60.9 Å². The molecule has 1 atom stereocenters. The summed E-state index contributed by atoms with van der Waals surface area (Å²) in [5, 5.41) is 0. The van der Waals surface area contributed by atoms with Gasteiger partial charge in [-0.15, -0.1) is 0 Å². The van der Waals surface area contributed by atoms with Gasteiger partial charge in [-0.05, 0) is 44.0 Å². The molecule has 1 fully saturated rings. The maximum Gasteiger partial charge on any atom is 0.332 e. The van der Waals surface area contributed by atoms with E-state index in [-0.39, 0.29) is 18.4 Å². The van der Waals surface area contributed by atoms with Gasteiger partial charge in [-0.3, -0.25) is 19.4 Å². The van der Waals surface area contributed by atoms with E-state index in [1.165, 1.54) is 4.90 Å². The second-order valence-electron chi connectivity index (χ2n) is 7.01. The third-order valence-corrected chi connectivity index (χ3v) is 5.24. The molecule has 2 aliphatic heterocycles. The van der Waals surface area contributed by atoms with Crippen LogP contribution in [0.25, 0.3) is 0 Å². The molecule has 0 bridgehead atoms. The molecule has 27 heavy (non-hydrogen) atoms. The van der Waals surface area contributed by atoms with Crippen LogP contribution >= 0.6 is 0 Å². The zero-order valence-corrected chi connectivity index (χ0v) is 15.4. The number of amides is 4. The summed E-state index contributed by atoms with van der Waals surface area (Å²) in [7, 11) is 0. The van der Waals surface area contributed by atoms with Gasteiger partial charge in [-0.2, -0.15) is 0 Å². The first-order chi connectivity index (χ1) is 13.0. The Hall–Kier alpha value is -3.15. The first-order valence-corrected chi connectivity index (χ1v) is 9.07. The van der Waals surface area contributed by atoms with Crippen molar-refractivity contribution in [3.8, 4) is 0 Å². The lowest BCUT2D eigenvalue weighted by Crippen LogP contribution is -2.43. The van der Waals surface area contributed by atoms with Crippen LogP contribution < -0.4 is 9.80 Å². The number of benzene rings is 2. The standard InChI is InChI=1S/C21H21N3O3/c1-14-7-9-17(10-8-14)24-15(2)20(26)23(21(24)27)13-19(25)22-12-11-16-5-3-4-6-18(16)22/h3-10,15H,11-13H2,1-2H3/t15-/m1/s1. The predicted octanol–water partition coefficient (Wildman–Crippen LogP) is 2.74. The van der Waals surface area contributed by atoms with Gasteiger partial charge < -0.3 is 4.90 Å². The average Bonchev–Trinajstić information content (AvgIpc) is 3.18. The summed E-state index contributed by atoms with van der Waals surface area (Å²) < 4.78 is 0. The van der Waals surface area contributed by atoms with Gasteiger partial charge in [0.15, 0.2) is 0 Å². The minimum atomic E-state index is -0.626. The highest BCUT2D eigenvalue weighted by Gasteiger charge is 2.44. The molecular formula is C21H21N3O3. The van der Waals surface area contributed by atoms with Gasteiger partial charge in [0.1, 0.15) is 12.6 Å². The van der Waals surface area contributed by atoms with Crippen LogP contribution in [0.2, 0.25) is 0 Å². The fraction of sp³-hybridized carbons (Fsp3) is 0.286. The lowest BCUT2D eigenvalue weighted by atomic mass is 10.2. The summed E-state index contributed by atoms with van der Waals surface area (Å²) in [6.45, 7) is 3.99. The van der Waals surface area contributed by atoms with E-state index >= 15 is 0 Å². The molecule has 4 amide bonds. The second-order valence-corrected chi connectivity index (χ2v) is 7.01. The first kappa shape index (κ1) is 17.3. The van der Waals surface area contributed by atoms with Crippen LogP contribution in [0.3, 0.4) is 0 Å². The van der Waals surface area contributed by atoms with E-state index in [0.29, 0.717) is 12.2 Å². The Morgan fingerprint density at radius 1 is 1.07 bits per heavy atom. The van der Waals surface area contributed by atoms with Crippen molar-refractivity contribution in [3.63, 3.8) is 0 Å². The maximum atomic E-state index is 12.9. The lowest BCUT2D eigenvalue weighted by Gasteiger charge is -2.21. The third kappa shape index (κ3) is 2.87. The van der Waals surface area contributed by atoms with Crippen molar-refractivity contribution in [1.82, 2.24) is 4.90 Å². The predicted molar refractivity (Wildman–Crippen MR) is 103 cm³/mol. The summed E-state index contributed by atoms with van der Waals surface area (Å²) in [6.07, 6.45) is 0.787. The third-order valence-electron chi connectivity index (χ3n) is 5.24. The fourth-order valence-corrected chi connectivity index (χ4v) is 3.73. The van der Waals surface area contributed by atoms with Gasteiger partial charge in [0, 0.05) is 17.9 Å². The van der Waals surface area contributed by atoms with E-state index in [1.54, 1.807) is 11.8 Å². The highest BCUT2D eigenvalue weighted by molar-refractivity contribution is 6.16. The Kier molecular flexibility index (Phi) is 4.18. The van der Waals surface area contributed by atoms with E-state index in [0.717, 1.165) is 28.1 Å². The minimum Gasteiger partial charge on any atom is -0.310 e. The molecule has 0 spiro atoms.